The molecule has 0 aliphatic carbocycles. The summed E-state index contributed by atoms with van der Waals surface area (Å²) in [4.78, 5) is 11.6. The minimum absolute atomic E-state index is 0.116. The molecule has 1 aromatic rings. The lowest BCUT2D eigenvalue weighted by Crippen LogP contribution is -2.33. The Balaban J connectivity index is 2.41. The van der Waals surface area contributed by atoms with Gasteiger partial charge in [0.05, 0.1) is 0 Å². The van der Waals surface area contributed by atoms with Gasteiger partial charge in [0.15, 0.2) is 0 Å². The van der Waals surface area contributed by atoms with Crippen molar-refractivity contribution in [2.24, 2.45) is 0 Å². The molecule has 0 spiro atoms. The van der Waals surface area contributed by atoms with Crippen LogP contribution in [0.25, 0.3) is 0 Å². The van der Waals surface area contributed by atoms with Gasteiger partial charge in [0.2, 0.25) is 5.91 Å². The van der Waals surface area contributed by atoms with E-state index < -0.39 is 0 Å². The third-order valence-electron chi connectivity index (χ3n) is 2.97. The van der Waals surface area contributed by atoms with Crippen molar-refractivity contribution in [1.29, 1.82) is 0 Å². The van der Waals surface area contributed by atoms with Crippen molar-refractivity contribution in [1.82, 2.24) is 10.6 Å². The second-order valence-corrected chi connectivity index (χ2v) is 5.18. The van der Waals surface area contributed by atoms with Crippen LogP contribution in [0.2, 0.25) is 0 Å². The molecule has 0 bridgehead atoms. The van der Waals surface area contributed by atoms with Crippen molar-refractivity contribution < 1.29 is 4.79 Å². The van der Waals surface area contributed by atoms with E-state index in [-0.39, 0.29) is 11.9 Å². The molecular weight excluding hydrogens is 236 g/mol. The summed E-state index contributed by atoms with van der Waals surface area (Å²) in [6.45, 7) is 6.87. The van der Waals surface area contributed by atoms with Crippen LogP contribution in [0.4, 0.5) is 0 Å². The largest absolute Gasteiger partial charge is 0.354 e. The van der Waals surface area contributed by atoms with Gasteiger partial charge in [-0.2, -0.15) is 0 Å². The molecule has 1 amide bonds. The highest BCUT2D eigenvalue weighted by molar-refractivity contribution is 5.76. The number of amides is 1. The quantitative estimate of drug-likeness (QED) is 0.756. The Kier molecular flexibility index (Phi) is 7.19. The summed E-state index contributed by atoms with van der Waals surface area (Å²) >= 11 is 0. The second-order valence-electron chi connectivity index (χ2n) is 5.18. The maximum Gasteiger partial charge on any atom is 0.221 e. The molecule has 1 aromatic carbocycles. The number of carbonyl (C=O) groups is 1. The summed E-state index contributed by atoms with van der Waals surface area (Å²) in [6, 6.07) is 11.0. The van der Waals surface area contributed by atoms with Crippen LogP contribution >= 0.6 is 0 Å². The molecule has 19 heavy (non-hydrogen) atoms. The monoisotopic (exact) mass is 262 g/mol. The van der Waals surface area contributed by atoms with Crippen LogP contribution in [0.3, 0.4) is 0 Å². The second kappa shape index (κ2) is 8.70. The molecule has 0 fully saturated rings. The number of hydrogen-bond acceptors (Lipinski definition) is 2. The Hall–Kier alpha value is -1.35. The summed E-state index contributed by atoms with van der Waals surface area (Å²) in [5.41, 5.74) is 1.30. The van der Waals surface area contributed by atoms with Crippen molar-refractivity contribution in [3.8, 4) is 0 Å². The lowest BCUT2D eigenvalue weighted by atomic mass is 10.0. The highest BCUT2D eigenvalue weighted by Crippen LogP contribution is 2.17. The summed E-state index contributed by atoms with van der Waals surface area (Å²) in [7, 11) is 0. The summed E-state index contributed by atoms with van der Waals surface area (Å²) in [6.07, 6.45) is 2.76. The molecule has 1 rings (SSSR count). The van der Waals surface area contributed by atoms with Crippen LogP contribution in [0.1, 0.15) is 51.6 Å². The van der Waals surface area contributed by atoms with Crippen LogP contribution < -0.4 is 10.6 Å². The number of hydrogen-bond donors (Lipinski definition) is 2. The molecular formula is C16H26N2O. The molecule has 3 nitrogen and oxygen atoms in total. The first kappa shape index (κ1) is 15.7. The maximum absolute atomic E-state index is 11.6. The normalized spacial score (nSPS) is 12.4. The molecule has 3 heteroatoms. The van der Waals surface area contributed by atoms with Crippen LogP contribution in [-0.2, 0) is 4.79 Å². The average Bonchev–Trinajstić information content (AvgIpc) is 2.38. The first-order valence-electron chi connectivity index (χ1n) is 7.21. The fraction of sp³-hybridized carbons (Fsp3) is 0.562. The summed E-state index contributed by atoms with van der Waals surface area (Å²) in [5.74, 6) is 0.116. The molecule has 1 atom stereocenters. The van der Waals surface area contributed by atoms with Crippen molar-refractivity contribution in [3.05, 3.63) is 35.9 Å². The zero-order valence-corrected chi connectivity index (χ0v) is 12.3. The van der Waals surface area contributed by atoms with Crippen LogP contribution in [0.5, 0.6) is 0 Å². The molecule has 0 saturated heterocycles. The lowest BCUT2D eigenvalue weighted by molar-refractivity contribution is -0.121. The molecule has 2 N–H and O–H groups in total. The van der Waals surface area contributed by atoms with Gasteiger partial charge in [-0.1, -0.05) is 43.7 Å². The molecule has 0 heterocycles. The number of rotatable bonds is 8. The van der Waals surface area contributed by atoms with Gasteiger partial charge < -0.3 is 10.6 Å². The Morgan fingerprint density at radius 1 is 1.21 bits per heavy atom. The molecule has 0 aromatic heterocycles. The van der Waals surface area contributed by atoms with Gasteiger partial charge in [0.25, 0.3) is 0 Å². The molecule has 106 valence electrons. The van der Waals surface area contributed by atoms with E-state index in [1.165, 1.54) is 5.56 Å². The molecule has 0 aliphatic rings. The number of nitrogens with one attached hydrogen (secondary N) is 2. The van der Waals surface area contributed by atoms with Gasteiger partial charge in [-0.15, -0.1) is 0 Å². The summed E-state index contributed by atoms with van der Waals surface area (Å²) < 4.78 is 0. The van der Waals surface area contributed by atoms with Gasteiger partial charge >= 0.3 is 0 Å². The zero-order chi connectivity index (χ0) is 14.1. The Labute approximate surface area is 116 Å². The Morgan fingerprint density at radius 2 is 1.89 bits per heavy atom. The van der Waals surface area contributed by atoms with Crippen LogP contribution in [-0.4, -0.2) is 18.5 Å². The van der Waals surface area contributed by atoms with E-state index in [0.29, 0.717) is 12.5 Å². The molecule has 0 saturated carbocycles. The van der Waals surface area contributed by atoms with Gasteiger partial charge in [-0.3, -0.25) is 4.79 Å². The lowest BCUT2D eigenvalue weighted by Gasteiger charge is -2.18. The van der Waals surface area contributed by atoms with E-state index in [0.717, 1.165) is 19.4 Å². The fourth-order valence-corrected chi connectivity index (χ4v) is 2.11. The smallest absolute Gasteiger partial charge is 0.221 e. The fourth-order valence-electron chi connectivity index (χ4n) is 2.11. The third kappa shape index (κ3) is 6.39. The predicted molar refractivity (Wildman–Crippen MR) is 80.0 cm³/mol. The first-order chi connectivity index (χ1) is 9.13. The summed E-state index contributed by atoms with van der Waals surface area (Å²) in [5, 5.41) is 6.39. The van der Waals surface area contributed by atoms with Crippen molar-refractivity contribution >= 4 is 5.91 Å². The SMILES string of the molecule is CCCC(NCCC(=O)NC(C)C)c1ccccc1. The van der Waals surface area contributed by atoms with Crippen molar-refractivity contribution in [2.75, 3.05) is 6.54 Å². The van der Waals surface area contributed by atoms with Gasteiger partial charge in [0, 0.05) is 25.0 Å². The highest BCUT2D eigenvalue weighted by Gasteiger charge is 2.10. The molecule has 0 aliphatic heterocycles. The standard InChI is InChI=1S/C16H26N2O/c1-4-8-15(14-9-6-5-7-10-14)17-12-11-16(19)18-13(2)3/h5-7,9-10,13,15,17H,4,8,11-12H2,1-3H3,(H,18,19). The highest BCUT2D eigenvalue weighted by atomic mass is 16.1. The Morgan fingerprint density at radius 3 is 2.47 bits per heavy atom. The van der Waals surface area contributed by atoms with E-state index in [1.54, 1.807) is 0 Å². The topological polar surface area (TPSA) is 41.1 Å². The molecule has 0 radical (unpaired) electrons. The van der Waals surface area contributed by atoms with Gasteiger partial charge in [-0.25, -0.2) is 0 Å². The van der Waals surface area contributed by atoms with Crippen molar-refractivity contribution in [2.45, 2.75) is 52.1 Å². The van der Waals surface area contributed by atoms with E-state index >= 15 is 0 Å². The van der Waals surface area contributed by atoms with E-state index in [2.05, 4.69) is 41.8 Å². The zero-order valence-electron chi connectivity index (χ0n) is 12.3. The minimum Gasteiger partial charge on any atom is -0.354 e. The van der Waals surface area contributed by atoms with E-state index in [1.807, 2.05) is 19.9 Å². The third-order valence-corrected chi connectivity index (χ3v) is 2.97. The minimum atomic E-state index is 0.116. The first-order valence-corrected chi connectivity index (χ1v) is 7.21. The molecule has 1 unspecified atom stereocenters. The van der Waals surface area contributed by atoms with Crippen molar-refractivity contribution in [3.63, 3.8) is 0 Å². The van der Waals surface area contributed by atoms with Crippen LogP contribution in [0.15, 0.2) is 30.3 Å². The average molecular weight is 262 g/mol. The maximum atomic E-state index is 11.6. The van der Waals surface area contributed by atoms with E-state index in [9.17, 15) is 4.79 Å². The predicted octanol–water partition coefficient (Wildman–Crippen LogP) is 3.03. The Bertz CT molecular complexity index is 362. The van der Waals surface area contributed by atoms with E-state index in [4.69, 9.17) is 0 Å². The number of carbonyl (C=O) groups excluding carboxylic acids is 1. The number of benzene rings is 1. The van der Waals surface area contributed by atoms with Crippen LogP contribution in [0, 0.1) is 0 Å². The van der Waals surface area contributed by atoms with Gasteiger partial charge in [0.1, 0.15) is 0 Å². The van der Waals surface area contributed by atoms with Gasteiger partial charge in [-0.05, 0) is 25.8 Å².